The van der Waals surface area contributed by atoms with E-state index in [9.17, 15) is 4.79 Å². The van der Waals surface area contributed by atoms with Crippen LogP contribution >= 0.6 is 11.6 Å². The van der Waals surface area contributed by atoms with Gasteiger partial charge in [-0.2, -0.15) is 0 Å². The van der Waals surface area contributed by atoms with E-state index in [0.29, 0.717) is 17.9 Å². The van der Waals surface area contributed by atoms with E-state index >= 15 is 0 Å². The Morgan fingerprint density at radius 2 is 2.16 bits per heavy atom. The minimum absolute atomic E-state index is 0.194. The highest BCUT2D eigenvalue weighted by Crippen LogP contribution is 2.33. The predicted octanol–water partition coefficient (Wildman–Crippen LogP) is 2.74. The van der Waals surface area contributed by atoms with Gasteiger partial charge in [0.1, 0.15) is 5.54 Å². The van der Waals surface area contributed by atoms with Crippen molar-refractivity contribution >= 4 is 17.6 Å². The van der Waals surface area contributed by atoms with Crippen molar-refractivity contribution in [2.24, 2.45) is 0 Å². The van der Waals surface area contributed by atoms with Crippen LogP contribution in [0.15, 0.2) is 18.2 Å². The normalized spacial score (nSPS) is 22.9. The molecule has 3 nitrogen and oxygen atoms in total. The van der Waals surface area contributed by atoms with E-state index in [2.05, 4.69) is 19.2 Å². The van der Waals surface area contributed by atoms with Crippen LogP contribution in [-0.2, 0) is 22.4 Å². The van der Waals surface area contributed by atoms with Crippen LogP contribution in [0.5, 0.6) is 0 Å². The van der Waals surface area contributed by atoms with E-state index in [1.165, 1.54) is 12.7 Å². The molecule has 1 aliphatic rings. The van der Waals surface area contributed by atoms with Gasteiger partial charge in [0.05, 0.1) is 7.11 Å². The average molecular weight is 282 g/mol. The molecule has 0 radical (unpaired) electrons. The number of esters is 1. The van der Waals surface area contributed by atoms with E-state index in [-0.39, 0.29) is 12.0 Å². The molecule has 104 valence electrons. The van der Waals surface area contributed by atoms with Gasteiger partial charge < -0.3 is 4.74 Å². The molecule has 0 aliphatic heterocycles. The van der Waals surface area contributed by atoms with Gasteiger partial charge in [-0.1, -0.05) is 24.6 Å². The molecule has 0 aromatic heterocycles. The fourth-order valence-electron chi connectivity index (χ4n) is 2.72. The Kier molecular flexibility index (Phi) is 4.16. The lowest BCUT2D eigenvalue weighted by Crippen LogP contribution is -2.56. The third kappa shape index (κ3) is 2.77. The molecule has 0 bridgehead atoms. The second-order valence-corrected chi connectivity index (χ2v) is 5.73. The molecular formula is C15H20ClNO2. The van der Waals surface area contributed by atoms with Crippen LogP contribution in [0.25, 0.3) is 0 Å². The summed E-state index contributed by atoms with van der Waals surface area (Å²) in [5.74, 6) is -0.194. The summed E-state index contributed by atoms with van der Waals surface area (Å²) in [5.41, 5.74) is 1.66. The first kappa shape index (κ1) is 14.4. The van der Waals surface area contributed by atoms with Crippen LogP contribution < -0.4 is 5.32 Å². The summed E-state index contributed by atoms with van der Waals surface area (Å²) >= 11 is 6.03. The number of fused-ring (bicyclic) bond motifs is 1. The first-order chi connectivity index (χ1) is 9.00. The van der Waals surface area contributed by atoms with Gasteiger partial charge in [0.15, 0.2) is 0 Å². The molecule has 2 unspecified atom stereocenters. The zero-order valence-electron chi connectivity index (χ0n) is 11.6. The summed E-state index contributed by atoms with van der Waals surface area (Å²) < 4.78 is 5.01. The van der Waals surface area contributed by atoms with Gasteiger partial charge >= 0.3 is 5.97 Å². The minimum atomic E-state index is -0.642. The van der Waals surface area contributed by atoms with Crippen LogP contribution in [0.4, 0.5) is 0 Å². The summed E-state index contributed by atoms with van der Waals surface area (Å²) in [4.78, 5) is 12.2. The van der Waals surface area contributed by atoms with Crippen molar-refractivity contribution < 1.29 is 9.53 Å². The first-order valence-electron chi connectivity index (χ1n) is 6.64. The lowest BCUT2D eigenvalue weighted by atomic mass is 9.94. The molecule has 1 aromatic rings. The minimum Gasteiger partial charge on any atom is -0.468 e. The number of rotatable bonds is 4. The molecular weight excluding hydrogens is 262 g/mol. The monoisotopic (exact) mass is 281 g/mol. The van der Waals surface area contributed by atoms with Crippen LogP contribution in [0.2, 0.25) is 5.02 Å². The van der Waals surface area contributed by atoms with E-state index < -0.39 is 5.54 Å². The maximum Gasteiger partial charge on any atom is 0.326 e. The SMILES string of the molecule is CCC(C)NC1(C(=O)OC)Cc2ccc(Cl)cc2C1. The Labute approximate surface area is 119 Å². The van der Waals surface area contributed by atoms with Crippen molar-refractivity contribution in [1.29, 1.82) is 0 Å². The number of hydrogen-bond acceptors (Lipinski definition) is 3. The van der Waals surface area contributed by atoms with E-state index in [1.807, 2.05) is 18.2 Å². The van der Waals surface area contributed by atoms with E-state index in [4.69, 9.17) is 16.3 Å². The number of carbonyl (C=O) groups is 1. The molecule has 1 aromatic carbocycles. The highest BCUT2D eigenvalue weighted by Gasteiger charge is 2.45. The van der Waals surface area contributed by atoms with Crippen molar-refractivity contribution in [1.82, 2.24) is 5.32 Å². The predicted molar refractivity (Wildman–Crippen MR) is 76.5 cm³/mol. The van der Waals surface area contributed by atoms with Gasteiger partial charge in [-0.05, 0) is 36.6 Å². The number of ether oxygens (including phenoxy) is 1. The molecule has 0 saturated heterocycles. The zero-order valence-corrected chi connectivity index (χ0v) is 12.4. The van der Waals surface area contributed by atoms with Gasteiger partial charge in [0.25, 0.3) is 0 Å². The Morgan fingerprint density at radius 3 is 2.79 bits per heavy atom. The molecule has 4 heteroatoms. The van der Waals surface area contributed by atoms with Crippen LogP contribution in [0.1, 0.15) is 31.4 Å². The number of benzene rings is 1. The molecule has 0 fully saturated rings. The van der Waals surface area contributed by atoms with Gasteiger partial charge in [-0.25, -0.2) is 0 Å². The molecule has 1 N–H and O–H groups in total. The topological polar surface area (TPSA) is 38.3 Å². The van der Waals surface area contributed by atoms with Gasteiger partial charge in [0.2, 0.25) is 0 Å². The molecule has 2 rings (SSSR count). The number of methoxy groups -OCH3 is 1. The Morgan fingerprint density at radius 1 is 1.47 bits per heavy atom. The smallest absolute Gasteiger partial charge is 0.326 e. The highest BCUT2D eigenvalue weighted by molar-refractivity contribution is 6.30. The molecule has 2 atom stereocenters. The standard InChI is InChI=1S/C15H20ClNO2/c1-4-10(2)17-15(14(18)19-3)8-11-5-6-13(16)7-12(11)9-15/h5-7,10,17H,4,8-9H2,1-3H3. The highest BCUT2D eigenvalue weighted by atomic mass is 35.5. The molecule has 0 saturated carbocycles. The van der Waals surface area contributed by atoms with Crippen LogP contribution in [0.3, 0.4) is 0 Å². The largest absolute Gasteiger partial charge is 0.468 e. The first-order valence-corrected chi connectivity index (χ1v) is 7.02. The van der Waals surface area contributed by atoms with Crippen molar-refractivity contribution in [2.45, 2.75) is 44.7 Å². The second kappa shape index (κ2) is 5.51. The van der Waals surface area contributed by atoms with Gasteiger partial charge in [-0.15, -0.1) is 0 Å². The number of halogens is 1. The van der Waals surface area contributed by atoms with Crippen molar-refractivity contribution in [3.05, 3.63) is 34.3 Å². The molecule has 1 aliphatic carbocycles. The molecule has 19 heavy (non-hydrogen) atoms. The Bertz CT molecular complexity index is 489. The third-order valence-electron chi connectivity index (χ3n) is 3.86. The maximum atomic E-state index is 12.2. The molecule has 0 heterocycles. The third-order valence-corrected chi connectivity index (χ3v) is 4.10. The lowest BCUT2D eigenvalue weighted by molar-refractivity contribution is -0.148. The fraction of sp³-hybridized carbons (Fsp3) is 0.533. The van der Waals surface area contributed by atoms with Crippen molar-refractivity contribution in [2.75, 3.05) is 7.11 Å². The average Bonchev–Trinajstić information content (AvgIpc) is 2.75. The summed E-state index contributed by atoms with van der Waals surface area (Å²) in [6.45, 7) is 4.18. The summed E-state index contributed by atoms with van der Waals surface area (Å²) in [6.07, 6.45) is 2.27. The Balaban J connectivity index is 2.31. The van der Waals surface area contributed by atoms with Crippen LogP contribution in [-0.4, -0.2) is 24.7 Å². The maximum absolute atomic E-state index is 12.2. The quantitative estimate of drug-likeness (QED) is 0.863. The van der Waals surface area contributed by atoms with Gasteiger partial charge in [-0.3, -0.25) is 10.1 Å². The van der Waals surface area contributed by atoms with Crippen molar-refractivity contribution in [3.63, 3.8) is 0 Å². The van der Waals surface area contributed by atoms with E-state index in [0.717, 1.165) is 12.0 Å². The van der Waals surface area contributed by atoms with Crippen LogP contribution in [0, 0.1) is 0 Å². The second-order valence-electron chi connectivity index (χ2n) is 5.29. The van der Waals surface area contributed by atoms with Crippen molar-refractivity contribution in [3.8, 4) is 0 Å². The summed E-state index contributed by atoms with van der Waals surface area (Å²) in [7, 11) is 1.44. The number of hydrogen-bond donors (Lipinski definition) is 1. The molecule has 0 spiro atoms. The summed E-state index contributed by atoms with van der Waals surface area (Å²) in [5, 5.41) is 4.15. The van der Waals surface area contributed by atoms with Gasteiger partial charge in [0, 0.05) is 23.9 Å². The Hall–Kier alpha value is -1.06. The number of carbonyl (C=O) groups excluding carboxylic acids is 1. The zero-order chi connectivity index (χ0) is 14.0. The van der Waals surface area contributed by atoms with E-state index in [1.54, 1.807) is 0 Å². The lowest BCUT2D eigenvalue weighted by Gasteiger charge is -2.30. The fourth-order valence-corrected chi connectivity index (χ4v) is 2.91. The molecule has 0 amide bonds. The summed E-state index contributed by atoms with van der Waals surface area (Å²) in [6, 6.07) is 6.08. The number of nitrogens with one attached hydrogen (secondary N) is 1.